The second-order valence-corrected chi connectivity index (χ2v) is 8.67. The van der Waals surface area contributed by atoms with Gasteiger partial charge in [-0.2, -0.15) is 5.10 Å². The van der Waals surface area contributed by atoms with Crippen molar-refractivity contribution < 1.29 is 4.42 Å². The van der Waals surface area contributed by atoms with Crippen molar-refractivity contribution in [2.24, 2.45) is 5.92 Å². The van der Waals surface area contributed by atoms with Gasteiger partial charge < -0.3 is 9.32 Å². The fraction of sp³-hybridized carbons (Fsp3) is 0.591. The molecule has 0 radical (unpaired) electrons. The molecule has 3 aromatic rings. The summed E-state index contributed by atoms with van der Waals surface area (Å²) in [5.41, 5.74) is 1.90. The molecule has 5 rings (SSSR count). The molecule has 2 aliphatic rings. The Bertz CT molecular complexity index is 947. The minimum absolute atomic E-state index is 0.280. The normalized spacial score (nSPS) is 19.5. The Morgan fingerprint density at radius 1 is 1.07 bits per heavy atom. The number of rotatable bonds is 5. The molecule has 2 aromatic heterocycles. The van der Waals surface area contributed by atoms with E-state index in [0.29, 0.717) is 11.8 Å². The summed E-state index contributed by atoms with van der Waals surface area (Å²) in [5, 5.41) is 14.5. The van der Waals surface area contributed by atoms with Crippen LogP contribution >= 0.6 is 0 Å². The smallest absolute Gasteiger partial charge is 0.268 e. The summed E-state index contributed by atoms with van der Waals surface area (Å²) in [7, 11) is 0. The Balaban J connectivity index is 1.31. The summed E-state index contributed by atoms with van der Waals surface area (Å²) in [4.78, 5) is 2.68. The molecule has 6 nitrogen and oxygen atoms in total. The Hall–Kier alpha value is -2.21. The fourth-order valence-corrected chi connectivity index (χ4v) is 4.59. The second kappa shape index (κ2) is 7.32. The Morgan fingerprint density at radius 3 is 2.57 bits per heavy atom. The molecule has 0 unspecified atom stereocenters. The molecule has 148 valence electrons. The van der Waals surface area contributed by atoms with Crippen LogP contribution in [0.3, 0.4) is 0 Å². The zero-order valence-electron chi connectivity index (χ0n) is 16.8. The SMILES string of the molecule is CC(C)n1nc(-c2nnc(CC3CCN(C4CCC4)CC3)o2)c2ccccc21. The zero-order valence-corrected chi connectivity index (χ0v) is 16.8. The molecular formula is C22H29N5O. The topological polar surface area (TPSA) is 60.0 Å². The van der Waals surface area contributed by atoms with Crippen LogP contribution in [0.25, 0.3) is 22.5 Å². The molecule has 6 heteroatoms. The van der Waals surface area contributed by atoms with Crippen LogP contribution in [0.1, 0.15) is 57.9 Å². The summed E-state index contributed by atoms with van der Waals surface area (Å²) in [6.45, 7) is 6.72. The van der Waals surface area contributed by atoms with Crippen molar-refractivity contribution >= 4 is 10.9 Å². The molecule has 1 saturated carbocycles. The summed E-state index contributed by atoms with van der Waals surface area (Å²) in [6, 6.07) is 9.39. The molecule has 1 aromatic carbocycles. The monoisotopic (exact) mass is 379 g/mol. The third-order valence-electron chi connectivity index (χ3n) is 6.48. The van der Waals surface area contributed by atoms with E-state index in [1.165, 1.54) is 45.2 Å². The first-order chi connectivity index (χ1) is 13.7. The third kappa shape index (κ3) is 3.24. The van der Waals surface area contributed by atoms with Crippen LogP contribution < -0.4 is 0 Å². The number of hydrogen-bond acceptors (Lipinski definition) is 5. The highest BCUT2D eigenvalue weighted by atomic mass is 16.4. The maximum absolute atomic E-state index is 6.07. The van der Waals surface area contributed by atoms with Crippen molar-refractivity contribution in [3.8, 4) is 11.6 Å². The molecule has 0 amide bonds. The highest BCUT2D eigenvalue weighted by molar-refractivity contribution is 5.91. The van der Waals surface area contributed by atoms with E-state index in [0.717, 1.165) is 35.0 Å². The molecular weight excluding hydrogens is 350 g/mol. The van der Waals surface area contributed by atoms with Crippen molar-refractivity contribution in [3.63, 3.8) is 0 Å². The van der Waals surface area contributed by atoms with Crippen LogP contribution in [0.15, 0.2) is 28.7 Å². The van der Waals surface area contributed by atoms with E-state index in [4.69, 9.17) is 9.52 Å². The van der Waals surface area contributed by atoms with Crippen molar-refractivity contribution in [3.05, 3.63) is 30.2 Å². The number of piperidine rings is 1. The van der Waals surface area contributed by atoms with Gasteiger partial charge in [-0.05, 0) is 64.6 Å². The summed E-state index contributed by atoms with van der Waals surface area (Å²) in [5.74, 6) is 1.94. The van der Waals surface area contributed by atoms with Crippen LogP contribution in [-0.2, 0) is 6.42 Å². The summed E-state index contributed by atoms with van der Waals surface area (Å²) in [6.07, 6.45) is 7.56. The van der Waals surface area contributed by atoms with E-state index < -0.39 is 0 Å². The van der Waals surface area contributed by atoms with Gasteiger partial charge in [0.15, 0.2) is 5.69 Å². The lowest BCUT2D eigenvalue weighted by atomic mass is 9.87. The quantitative estimate of drug-likeness (QED) is 0.654. The number of benzene rings is 1. The largest absolute Gasteiger partial charge is 0.419 e. The summed E-state index contributed by atoms with van der Waals surface area (Å²) >= 11 is 0. The van der Waals surface area contributed by atoms with Crippen LogP contribution in [0, 0.1) is 5.92 Å². The van der Waals surface area contributed by atoms with E-state index in [9.17, 15) is 0 Å². The van der Waals surface area contributed by atoms with Gasteiger partial charge in [0.25, 0.3) is 5.89 Å². The lowest BCUT2D eigenvalue weighted by Crippen LogP contribution is -2.45. The van der Waals surface area contributed by atoms with Gasteiger partial charge in [-0.1, -0.05) is 24.6 Å². The van der Waals surface area contributed by atoms with Crippen LogP contribution in [-0.4, -0.2) is 44.0 Å². The molecule has 28 heavy (non-hydrogen) atoms. The van der Waals surface area contributed by atoms with Gasteiger partial charge in [0, 0.05) is 23.9 Å². The molecule has 0 N–H and O–H groups in total. The van der Waals surface area contributed by atoms with Gasteiger partial charge >= 0.3 is 0 Å². The predicted octanol–water partition coefficient (Wildman–Crippen LogP) is 4.47. The molecule has 0 spiro atoms. The number of aromatic nitrogens is 4. The zero-order chi connectivity index (χ0) is 19.1. The van der Waals surface area contributed by atoms with Crippen LogP contribution in [0.2, 0.25) is 0 Å². The van der Waals surface area contributed by atoms with Crippen molar-refractivity contribution in [1.29, 1.82) is 0 Å². The first kappa shape index (κ1) is 17.9. The molecule has 0 atom stereocenters. The standard InChI is InChI=1S/C22H29N5O/c1-15(2)27-19-9-4-3-8-18(19)21(25-27)22-24-23-20(28-22)14-16-10-12-26(13-11-16)17-6-5-7-17/h3-4,8-9,15-17H,5-7,10-14H2,1-2H3. The minimum atomic E-state index is 0.280. The van der Waals surface area contributed by atoms with E-state index in [1.807, 2.05) is 16.8 Å². The van der Waals surface area contributed by atoms with Crippen LogP contribution in [0.4, 0.5) is 0 Å². The number of likely N-dealkylation sites (tertiary alicyclic amines) is 1. The molecule has 0 bridgehead atoms. The molecule has 1 aliphatic carbocycles. The van der Waals surface area contributed by atoms with Gasteiger partial charge in [0.05, 0.1) is 5.52 Å². The Labute approximate surface area is 165 Å². The number of para-hydroxylation sites is 1. The average Bonchev–Trinajstić information content (AvgIpc) is 3.26. The van der Waals surface area contributed by atoms with Crippen molar-refractivity contribution in [2.45, 2.75) is 64.5 Å². The van der Waals surface area contributed by atoms with Gasteiger partial charge in [-0.25, -0.2) is 0 Å². The Morgan fingerprint density at radius 2 is 1.86 bits per heavy atom. The lowest BCUT2D eigenvalue weighted by Gasteiger charge is -2.41. The van der Waals surface area contributed by atoms with Gasteiger partial charge in [0.2, 0.25) is 5.89 Å². The molecule has 1 aliphatic heterocycles. The maximum Gasteiger partial charge on any atom is 0.268 e. The first-order valence-electron chi connectivity index (χ1n) is 10.7. The Kier molecular flexibility index (Phi) is 4.67. The number of fused-ring (bicyclic) bond motifs is 1. The van der Waals surface area contributed by atoms with Crippen molar-refractivity contribution in [2.75, 3.05) is 13.1 Å². The maximum atomic E-state index is 6.07. The van der Waals surface area contributed by atoms with E-state index in [1.54, 1.807) is 0 Å². The third-order valence-corrected chi connectivity index (χ3v) is 6.48. The minimum Gasteiger partial charge on any atom is -0.419 e. The first-order valence-corrected chi connectivity index (χ1v) is 10.7. The highest BCUT2D eigenvalue weighted by Gasteiger charge is 2.29. The number of nitrogens with zero attached hydrogens (tertiary/aromatic N) is 5. The van der Waals surface area contributed by atoms with Crippen molar-refractivity contribution in [1.82, 2.24) is 24.9 Å². The second-order valence-electron chi connectivity index (χ2n) is 8.67. The van der Waals surface area contributed by atoms with Gasteiger partial charge in [-0.3, -0.25) is 4.68 Å². The average molecular weight is 380 g/mol. The number of hydrogen-bond donors (Lipinski definition) is 0. The van der Waals surface area contributed by atoms with E-state index in [-0.39, 0.29) is 6.04 Å². The molecule has 2 fully saturated rings. The molecule has 1 saturated heterocycles. The fourth-order valence-electron chi connectivity index (χ4n) is 4.59. The van der Waals surface area contributed by atoms with Gasteiger partial charge in [0.1, 0.15) is 0 Å². The van der Waals surface area contributed by atoms with Gasteiger partial charge in [-0.15, -0.1) is 10.2 Å². The van der Waals surface area contributed by atoms with E-state index >= 15 is 0 Å². The van der Waals surface area contributed by atoms with Crippen LogP contribution in [0.5, 0.6) is 0 Å². The summed E-state index contributed by atoms with van der Waals surface area (Å²) < 4.78 is 8.10. The molecule has 3 heterocycles. The predicted molar refractivity (Wildman–Crippen MR) is 109 cm³/mol. The van der Waals surface area contributed by atoms with E-state index in [2.05, 4.69) is 41.1 Å². The highest BCUT2D eigenvalue weighted by Crippen LogP contribution is 2.32. The lowest BCUT2D eigenvalue weighted by molar-refractivity contribution is 0.0832.